The molecule has 3 aliphatic rings. The van der Waals surface area contributed by atoms with E-state index in [2.05, 4.69) is 45.4 Å². The highest BCUT2D eigenvalue weighted by molar-refractivity contribution is 5.76. The van der Waals surface area contributed by atoms with Gasteiger partial charge >= 0.3 is 0 Å². The van der Waals surface area contributed by atoms with Gasteiger partial charge in [-0.2, -0.15) is 0 Å². The fraction of sp³-hybridized carbons (Fsp3) is 0.583. The van der Waals surface area contributed by atoms with Gasteiger partial charge in [-0.1, -0.05) is 32.9 Å². The monoisotopic (exact) mass is 424 g/mol. The normalized spacial score (nSPS) is 27.6. The van der Waals surface area contributed by atoms with Crippen molar-refractivity contribution >= 4 is 23.0 Å². The number of piperazine rings is 1. The number of fused-ring (bicyclic) bond motifs is 2. The molecule has 5 rings (SSSR count). The number of rotatable bonds is 3. The molecule has 3 fully saturated rings. The van der Waals surface area contributed by atoms with Crippen LogP contribution in [-0.2, 0) is 0 Å². The fourth-order valence-corrected chi connectivity index (χ4v) is 6.43. The Bertz CT molecular complexity index is 970. The third kappa shape index (κ3) is 3.68. The first-order valence-corrected chi connectivity index (χ1v) is 11.4. The number of nitrogens with two attached hydrogens (primary N) is 1. The zero-order chi connectivity index (χ0) is 21.8. The molecule has 166 valence electrons. The van der Waals surface area contributed by atoms with Crippen molar-refractivity contribution in [2.24, 2.45) is 10.8 Å². The maximum atomic E-state index is 14.2. The number of para-hydroxylation sites is 1. The predicted octanol–water partition coefficient (Wildman–Crippen LogP) is 3.93. The Morgan fingerprint density at radius 1 is 0.968 bits per heavy atom. The molecular formula is C24H33FN6. The molecule has 0 spiro atoms. The minimum Gasteiger partial charge on any atom is -0.393 e. The minimum atomic E-state index is -0.170. The molecule has 0 amide bonds. The summed E-state index contributed by atoms with van der Waals surface area (Å²) >= 11 is 0. The summed E-state index contributed by atoms with van der Waals surface area (Å²) in [6.07, 6.45) is 5.27. The second-order valence-corrected chi connectivity index (χ2v) is 10.7. The van der Waals surface area contributed by atoms with E-state index in [0.29, 0.717) is 28.2 Å². The fourth-order valence-electron chi connectivity index (χ4n) is 6.43. The molecular weight excluding hydrogens is 391 g/mol. The third-order valence-corrected chi connectivity index (χ3v) is 7.30. The maximum absolute atomic E-state index is 14.2. The van der Waals surface area contributed by atoms with Crippen molar-refractivity contribution in [1.82, 2.24) is 9.97 Å². The first-order chi connectivity index (χ1) is 14.7. The number of hydrogen-bond donors (Lipinski definition) is 1. The van der Waals surface area contributed by atoms with Crippen LogP contribution in [0, 0.1) is 16.6 Å². The van der Waals surface area contributed by atoms with Crippen LogP contribution >= 0.6 is 0 Å². The molecule has 2 saturated heterocycles. The number of aromatic nitrogens is 2. The summed E-state index contributed by atoms with van der Waals surface area (Å²) in [5, 5.41) is 0. The number of hydrogen-bond acceptors (Lipinski definition) is 6. The second kappa shape index (κ2) is 7.24. The van der Waals surface area contributed by atoms with Crippen molar-refractivity contribution in [1.29, 1.82) is 0 Å². The van der Waals surface area contributed by atoms with Crippen molar-refractivity contribution < 1.29 is 4.39 Å². The molecule has 1 aromatic heterocycles. The summed E-state index contributed by atoms with van der Waals surface area (Å²) in [7, 11) is 0. The van der Waals surface area contributed by atoms with Crippen LogP contribution in [0.1, 0.15) is 40.0 Å². The highest BCUT2D eigenvalue weighted by atomic mass is 19.1. The zero-order valence-corrected chi connectivity index (χ0v) is 18.8. The molecule has 6 nitrogen and oxygen atoms in total. The van der Waals surface area contributed by atoms with E-state index >= 15 is 0 Å². The molecule has 1 aliphatic carbocycles. The summed E-state index contributed by atoms with van der Waals surface area (Å²) in [6.45, 7) is 11.1. The van der Waals surface area contributed by atoms with E-state index in [4.69, 9.17) is 5.73 Å². The molecule has 1 saturated carbocycles. The van der Waals surface area contributed by atoms with Crippen molar-refractivity contribution in [2.75, 3.05) is 53.2 Å². The van der Waals surface area contributed by atoms with E-state index in [-0.39, 0.29) is 5.82 Å². The van der Waals surface area contributed by atoms with Crippen LogP contribution in [0.15, 0.2) is 30.6 Å². The molecule has 2 bridgehead atoms. The number of benzene rings is 1. The molecule has 2 N–H and O–H groups in total. The third-order valence-electron chi connectivity index (χ3n) is 7.30. The van der Waals surface area contributed by atoms with Gasteiger partial charge in [0, 0.05) is 38.8 Å². The Kier molecular flexibility index (Phi) is 4.75. The van der Waals surface area contributed by atoms with Crippen molar-refractivity contribution in [3.05, 3.63) is 36.4 Å². The van der Waals surface area contributed by atoms with Crippen LogP contribution in [0.2, 0.25) is 0 Å². The summed E-state index contributed by atoms with van der Waals surface area (Å²) in [5.74, 6) is 1.52. The Balaban J connectivity index is 1.35. The molecule has 3 heterocycles. The largest absolute Gasteiger partial charge is 0.393 e. The summed E-state index contributed by atoms with van der Waals surface area (Å²) in [6, 6.07) is 7.46. The molecule has 2 unspecified atom stereocenters. The second-order valence-electron chi connectivity index (χ2n) is 10.7. The quantitative estimate of drug-likeness (QED) is 0.806. The minimum absolute atomic E-state index is 0.170. The Hall–Kier alpha value is -2.57. The van der Waals surface area contributed by atoms with E-state index in [1.165, 1.54) is 25.3 Å². The molecule has 31 heavy (non-hydrogen) atoms. The molecule has 2 atom stereocenters. The van der Waals surface area contributed by atoms with E-state index in [1.807, 2.05) is 12.1 Å². The predicted molar refractivity (Wildman–Crippen MR) is 124 cm³/mol. The first kappa shape index (κ1) is 20.3. The van der Waals surface area contributed by atoms with Gasteiger partial charge in [-0.3, -0.25) is 0 Å². The van der Waals surface area contributed by atoms with Crippen LogP contribution in [0.4, 0.5) is 27.4 Å². The number of anilines is 4. The van der Waals surface area contributed by atoms with E-state index < -0.39 is 0 Å². The van der Waals surface area contributed by atoms with Gasteiger partial charge in [-0.05, 0) is 42.2 Å². The van der Waals surface area contributed by atoms with E-state index in [9.17, 15) is 4.39 Å². The number of nitrogen functional groups attached to an aromatic ring is 1. The summed E-state index contributed by atoms with van der Waals surface area (Å²) < 4.78 is 14.2. The van der Waals surface area contributed by atoms with Crippen LogP contribution in [-0.4, -0.2) is 48.7 Å². The van der Waals surface area contributed by atoms with Gasteiger partial charge in [0.15, 0.2) is 11.6 Å². The highest BCUT2D eigenvalue weighted by Crippen LogP contribution is 2.54. The van der Waals surface area contributed by atoms with Gasteiger partial charge in [0.25, 0.3) is 0 Å². The van der Waals surface area contributed by atoms with Gasteiger partial charge in [-0.15, -0.1) is 0 Å². The van der Waals surface area contributed by atoms with Crippen molar-refractivity contribution in [3.63, 3.8) is 0 Å². The highest BCUT2D eigenvalue weighted by Gasteiger charge is 2.50. The standard InChI is InChI=1S/C24H33FN6/c1-23(2)12-17-13-24(3,14-23)15-31(17)22-20(26)21(27-16-28-22)30-10-8-29(9-11-30)19-7-5-4-6-18(19)25/h4-7,16-17H,8-15,26H2,1-3H3. The lowest BCUT2D eigenvalue weighted by Gasteiger charge is -2.39. The van der Waals surface area contributed by atoms with E-state index in [1.54, 1.807) is 12.4 Å². The van der Waals surface area contributed by atoms with Crippen LogP contribution < -0.4 is 20.4 Å². The van der Waals surface area contributed by atoms with Gasteiger partial charge in [0.05, 0.1) is 5.69 Å². The SMILES string of the molecule is CC1(C)CC2CC(C)(CN2c2ncnc(N3CCN(c4ccccc4F)CC3)c2N)C1. The molecule has 1 aromatic carbocycles. The molecule has 2 aromatic rings. The van der Waals surface area contributed by atoms with Gasteiger partial charge in [0.2, 0.25) is 0 Å². The van der Waals surface area contributed by atoms with Crippen LogP contribution in [0.3, 0.4) is 0 Å². The first-order valence-electron chi connectivity index (χ1n) is 11.4. The van der Waals surface area contributed by atoms with Gasteiger partial charge in [-0.25, -0.2) is 14.4 Å². The van der Waals surface area contributed by atoms with Gasteiger partial charge in [0.1, 0.15) is 17.8 Å². The molecule has 2 aliphatic heterocycles. The lowest BCUT2D eigenvalue weighted by atomic mass is 9.65. The lowest BCUT2D eigenvalue weighted by Crippen LogP contribution is -2.47. The average molecular weight is 425 g/mol. The summed E-state index contributed by atoms with van der Waals surface area (Å²) in [5.41, 5.74) is 8.68. The van der Waals surface area contributed by atoms with Crippen LogP contribution in [0.25, 0.3) is 0 Å². The molecule has 7 heteroatoms. The maximum Gasteiger partial charge on any atom is 0.157 e. The number of nitrogens with zero attached hydrogens (tertiary/aromatic N) is 5. The summed E-state index contributed by atoms with van der Waals surface area (Å²) in [4.78, 5) is 15.9. The Morgan fingerprint density at radius 2 is 1.65 bits per heavy atom. The Labute approximate surface area is 184 Å². The molecule has 0 radical (unpaired) electrons. The number of halogens is 1. The van der Waals surface area contributed by atoms with E-state index in [0.717, 1.165) is 44.4 Å². The van der Waals surface area contributed by atoms with Crippen molar-refractivity contribution in [2.45, 2.75) is 46.1 Å². The topological polar surface area (TPSA) is 61.5 Å². The average Bonchev–Trinajstić information content (AvgIpc) is 2.97. The smallest absolute Gasteiger partial charge is 0.157 e. The van der Waals surface area contributed by atoms with Gasteiger partial charge < -0.3 is 20.4 Å². The van der Waals surface area contributed by atoms with Crippen LogP contribution in [0.5, 0.6) is 0 Å². The van der Waals surface area contributed by atoms with Crippen molar-refractivity contribution in [3.8, 4) is 0 Å². The zero-order valence-electron chi connectivity index (χ0n) is 18.8. The lowest BCUT2D eigenvalue weighted by molar-refractivity contribution is 0.136. The Morgan fingerprint density at radius 3 is 2.39 bits per heavy atom.